The van der Waals surface area contributed by atoms with Gasteiger partial charge in [-0.25, -0.2) is 0 Å². The van der Waals surface area contributed by atoms with Gasteiger partial charge in [0.15, 0.2) is 0 Å². The van der Waals surface area contributed by atoms with Crippen LogP contribution in [-0.4, -0.2) is 54.7 Å². The van der Waals surface area contributed by atoms with E-state index in [4.69, 9.17) is 0 Å². The van der Waals surface area contributed by atoms with Crippen molar-refractivity contribution in [2.45, 2.75) is 63.5 Å². The molecular formula is C15H29N2+. The first-order valence-electron chi connectivity index (χ1n) is 7.86. The van der Waals surface area contributed by atoms with Crippen LogP contribution in [0.25, 0.3) is 0 Å². The second-order valence-corrected chi connectivity index (χ2v) is 6.84. The molecule has 1 aliphatic carbocycles. The minimum absolute atomic E-state index is 0.947. The molecule has 2 heterocycles. The van der Waals surface area contributed by atoms with Gasteiger partial charge in [-0.1, -0.05) is 0 Å². The molecule has 3 rings (SSSR count). The van der Waals surface area contributed by atoms with Crippen molar-refractivity contribution >= 4 is 0 Å². The molecule has 0 N–H and O–H groups in total. The third-order valence-corrected chi connectivity index (χ3v) is 5.79. The van der Waals surface area contributed by atoms with Gasteiger partial charge in [0.25, 0.3) is 0 Å². The van der Waals surface area contributed by atoms with Crippen LogP contribution < -0.4 is 0 Å². The highest BCUT2D eigenvalue weighted by Gasteiger charge is 2.39. The van der Waals surface area contributed by atoms with E-state index in [1.807, 2.05) is 0 Å². The van der Waals surface area contributed by atoms with Crippen molar-refractivity contribution < 1.29 is 4.48 Å². The Morgan fingerprint density at radius 1 is 0.824 bits per heavy atom. The van der Waals surface area contributed by atoms with Crippen LogP contribution in [0.15, 0.2) is 0 Å². The zero-order valence-electron chi connectivity index (χ0n) is 11.5. The maximum Gasteiger partial charge on any atom is 0.0889 e. The molecule has 2 saturated heterocycles. The number of rotatable bonds is 2. The summed E-state index contributed by atoms with van der Waals surface area (Å²) in [6.07, 6.45) is 11.8. The van der Waals surface area contributed by atoms with Crippen molar-refractivity contribution in [2.24, 2.45) is 0 Å². The normalized spacial score (nSPS) is 38.6. The van der Waals surface area contributed by atoms with Crippen LogP contribution in [0.2, 0.25) is 0 Å². The van der Waals surface area contributed by atoms with Crippen LogP contribution in [-0.2, 0) is 0 Å². The van der Waals surface area contributed by atoms with Gasteiger partial charge in [-0.3, -0.25) is 0 Å². The molecule has 1 saturated carbocycles. The summed E-state index contributed by atoms with van der Waals surface area (Å²) in [7, 11) is 2.52. The van der Waals surface area contributed by atoms with Gasteiger partial charge in [0, 0.05) is 31.7 Å². The molecule has 0 spiro atoms. The molecule has 98 valence electrons. The van der Waals surface area contributed by atoms with E-state index in [1.165, 1.54) is 82.0 Å². The van der Waals surface area contributed by atoms with E-state index < -0.39 is 0 Å². The van der Waals surface area contributed by atoms with Crippen LogP contribution in [0.3, 0.4) is 0 Å². The Morgan fingerprint density at radius 3 is 2.00 bits per heavy atom. The third-order valence-electron chi connectivity index (χ3n) is 5.79. The van der Waals surface area contributed by atoms with E-state index in [-0.39, 0.29) is 0 Å². The van der Waals surface area contributed by atoms with Crippen LogP contribution in [0.4, 0.5) is 0 Å². The lowest BCUT2D eigenvalue weighted by Crippen LogP contribution is -2.52. The molecule has 2 aliphatic heterocycles. The zero-order chi connectivity index (χ0) is 11.7. The minimum atomic E-state index is 0.947. The molecule has 2 nitrogen and oxygen atoms in total. The fraction of sp³-hybridized carbons (Fsp3) is 1.00. The second-order valence-electron chi connectivity index (χ2n) is 6.84. The van der Waals surface area contributed by atoms with Gasteiger partial charge in [-0.2, -0.15) is 0 Å². The van der Waals surface area contributed by atoms with Crippen LogP contribution in [0, 0.1) is 0 Å². The summed E-state index contributed by atoms with van der Waals surface area (Å²) in [5, 5.41) is 0. The van der Waals surface area contributed by atoms with E-state index >= 15 is 0 Å². The largest absolute Gasteiger partial charge is 0.324 e. The molecule has 0 aromatic rings. The molecule has 0 atom stereocenters. The van der Waals surface area contributed by atoms with Gasteiger partial charge >= 0.3 is 0 Å². The standard InChI is InChI=1S/C15H29N2/c1-17(12-4-5-13-17)15-8-6-14(7-9-15)16-10-2-3-11-16/h14-15H,2-13H2,1H3/q+1. The number of likely N-dealkylation sites (tertiary alicyclic amines) is 2. The summed E-state index contributed by atoms with van der Waals surface area (Å²) in [5.41, 5.74) is 0. The molecule has 0 radical (unpaired) electrons. The van der Waals surface area contributed by atoms with E-state index in [0.717, 1.165) is 12.1 Å². The lowest BCUT2D eigenvalue weighted by Gasteiger charge is -2.43. The van der Waals surface area contributed by atoms with Crippen molar-refractivity contribution in [1.29, 1.82) is 0 Å². The van der Waals surface area contributed by atoms with Gasteiger partial charge in [-0.05, 0) is 38.8 Å². The Morgan fingerprint density at radius 2 is 1.41 bits per heavy atom. The molecule has 0 unspecified atom stereocenters. The average Bonchev–Trinajstić information content (AvgIpc) is 3.01. The summed E-state index contributed by atoms with van der Waals surface area (Å²) in [6, 6.07) is 1.94. The van der Waals surface area contributed by atoms with Crippen LogP contribution in [0.1, 0.15) is 51.4 Å². The van der Waals surface area contributed by atoms with E-state index in [1.54, 1.807) is 0 Å². The summed E-state index contributed by atoms with van der Waals surface area (Å²) < 4.78 is 1.41. The van der Waals surface area contributed by atoms with Crippen LogP contribution in [0.5, 0.6) is 0 Å². The molecular weight excluding hydrogens is 208 g/mol. The first-order valence-corrected chi connectivity index (χ1v) is 7.86. The number of nitrogens with zero attached hydrogens (tertiary/aromatic N) is 2. The topological polar surface area (TPSA) is 3.24 Å². The highest BCUT2D eigenvalue weighted by atomic mass is 15.4. The Hall–Kier alpha value is -0.0800. The zero-order valence-corrected chi connectivity index (χ0v) is 11.5. The van der Waals surface area contributed by atoms with Crippen molar-refractivity contribution in [2.75, 3.05) is 33.2 Å². The predicted molar refractivity (Wildman–Crippen MR) is 72.0 cm³/mol. The van der Waals surface area contributed by atoms with Crippen molar-refractivity contribution in [3.05, 3.63) is 0 Å². The second kappa shape index (κ2) is 4.89. The molecule has 0 bridgehead atoms. The summed E-state index contributed by atoms with van der Waals surface area (Å²) in [5.74, 6) is 0. The molecule has 3 aliphatic rings. The van der Waals surface area contributed by atoms with E-state index in [2.05, 4.69) is 11.9 Å². The number of hydrogen-bond donors (Lipinski definition) is 0. The van der Waals surface area contributed by atoms with Gasteiger partial charge < -0.3 is 9.38 Å². The van der Waals surface area contributed by atoms with Gasteiger partial charge in [-0.15, -0.1) is 0 Å². The highest BCUT2D eigenvalue weighted by Crippen LogP contribution is 2.33. The first kappa shape index (κ1) is 12.0. The minimum Gasteiger partial charge on any atom is -0.324 e. The third kappa shape index (κ3) is 2.39. The Labute approximate surface area is 107 Å². The lowest BCUT2D eigenvalue weighted by molar-refractivity contribution is -0.923. The number of hydrogen-bond acceptors (Lipinski definition) is 1. The Kier molecular flexibility index (Phi) is 3.45. The molecule has 17 heavy (non-hydrogen) atoms. The quantitative estimate of drug-likeness (QED) is 0.667. The van der Waals surface area contributed by atoms with E-state index in [0.29, 0.717) is 0 Å². The molecule has 3 fully saturated rings. The fourth-order valence-electron chi connectivity index (χ4n) is 4.58. The maximum absolute atomic E-state index is 2.78. The monoisotopic (exact) mass is 237 g/mol. The summed E-state index contributed by atoms with van der Waals surface area (Å²) in [4.78, 5) is 2.78. The van der Waals surface area contributed by atoms with Crippen molar-refractivity contribution in [3.63, 3.8) is 0 Å². The maximum atomic E-state index is 2.78. The predicted octanol–water partition coefficient (Wildman–Crippen LogP) is 2.63. The number of quaternary nitrogens is 1. The van der Waals surface area contributed by atoms with Crippen molar-refractivity contribution in [1.82, 2.24) is 4.90 Å². The highest BCUT2D eigenvalue weighted by molar-refractivity contribution is 4.83. The fourth-order valence-corrected chi connectivity index (χ4v) is 4.58. The first-order chi connectivity index (χ1) is 8.28. The Bertz CT molecular complexity index is 244. The summed E-state index contributed by atoms with van der Waals surface area (Å²) in [6.45, 7) is 5.70. The van der Waals surface area contributed by atoms with Crippen LogP contribution >= 0.6 is 0 Å². The van der Waals surface area contributed by atoms with Gasteiger partial charge in [0.05, 0.1) is 26.2 Å². The summed E-state index contributed by atoms with van der Waals surface area (Å²) >= 11 is 0. The molecule has 0 aromatic heterocycles. The SMILES string of the molecule is C[N+]1(C2CCC(N3CCCC3)CC2)CCCC1. The van der Waals surface area contributed by atoms with E-state index in [9.17, 15) is 0 Å². The molecule has 2 heteroatoms. The average molecular weight is 237 g/mol. The van der Waals surface area contributed by atoms with Gasteiger partial charge in [0.2, 0.25) is 0 Å². The smallest absolute Gasteiger partial charge is 0.0889 e. The van der Waals surface area contributed by atoms with Gasteiger partial charge in [0.1, 0.15) is 0 Å². The molecule has 0 aromatic carbocycles. The molecule has 0 amide bonds. The lowest BCUT2D eigenvalue weighted by atomic mass is 9.88. The Balaban J connectivity index is 1.53. The van der Waals surface area contributed by atoms with Crippen molar-refractivity contribution in [3.8, 4) is 0 Å².